The number of benzene rings is 2. The van der Waals surface area contributed by atoms with E-state index in [1.54, 1.807) is 12.1 Å². The summed E-state index contributed by atoms with van der Waals surface area (Å²) in [5, 5.41) is 6.28. The van der Waals surface area contributed by atoms with Crippen molar-refractivity contribution in [2.75, 3.05) is 5.32 Å². The van der Waals surface area contributed by atoms with E-state index in [-0.39, 0.29) is 11.5 Å². The Hall–Kier alpha value is -2.99. The van der Waals surface area contributed by atoms with Crippen molar-refractivity contribution in [2.45, 2.75) is 38.6 Å². The summed E-state index contributed by atoms with van der Waals surface area (Å²) >= 11 is 1.44. The number of anilines is 1. The second-order valence-corrected chi connectivity index (χ2v) is 8.48. The first-order chi connectivity index (χ1) is 14.6. The molecule has 6 heteroatoms. The molecule has 2 aromatic carbocycles. The van der Waals surface area contributed by atoms with Gasteiger partial charge in [-0.05, 0) is 48.9 Å². The first-order valence-electron chi connectivity index (χ1n) is 10.2. The minimum absolute atomic E-state index is 0.0308. The lowest BCUT2D eigenvalue weighted by molar-refractivity contribution is 0.0951. The van der Waals surface area contributed by atoms with Crippen LogP contribution >= 0.6 is 11.3 Å². The minimum Gasteiger partial charge on any atom is -0.348 e. The first kappa shape index (κ1) is 20.3. The van der Waals surface area contributed by atoms with E-state index in [1.165, 1.54) is 23.5 Å². The molecule has 1 aliphatic carbocycles. The molecule has 2 N–H and O–H groups in total. The van der Waals surface area contributed by atoms with Crippen molar-refractivity contribution >= 4 is 28.2 Å². The van der Waals surface area contributed by atoms with Crippen molar-refractivity contribution in [2.24, 2.45) is 0 Å². The Bertz CT molecular complexity index is 1060. The minimum atomic E-state index is -0.580. The van der Waals surface area contributed by atoms with Crippen LogP contribution in [-0.4, -0.2) is 11.8 Å². The molecular weight excluding hydrogens is 399 g/mol. The summed E-state index contributed by atoms with van der Waals surface area (Å²) in [5.41, 5.74) is 2.52. The van der Waals surface area contributed by atoms with Crippen LogP contribution in [0.5, 0.6) is 0 Å². The van der Waals surface area contributed by atoms with Crippen molar-refractivity contribution in [1.82, 2.24) is 5.32 Å². The van der Waals surface area contributed by atoms with Gasteiger partial charge in [0.2, 0.25) is 0 Å². The fourth-order valence-corrected chi connectivity index (χ4v) is 5.04. The van der Waals surface area contributed by atoms with Gasteiger partial charge in [-0.3, -0.25) is 9.59 Å². The molecule has 0 bridgehead atoms. The molecule has 3 aromatic rings. The van der Waals surface area contributed by atoms with E-state index in [0.29, 0.717) is 17.1 Å². The number of aryl methyl sites for hydroxylation is 1. The van der Waals surface area contributed by atoms with Gasteiger partial charge in [0.25, 0.3) is 11.8 Å². The topological polar surface area (TPSA) is 58.2 Å². The van der Waals surface area contributed by atoms with E-state index in [9.17, 15) is 14.0 Å². The maximum atomic E-state index is 14.1. The van der Waals surface area contributed by atoms with E-state index < -0.39 is 11.7 Å². The van der Waals surface area contributed by atoms with Gasteiger partial charge in [-0.1, -0.05) is 48.9 Å². The van der Waals surface area contributed by atoms with Crippen LogP contribution in [0.3, 0.4) is 0 Å². The van der Waals surface area contributed by atoms with Gasteiger partial charge in [0.15, 0.2) is 0 Å². The zero-order chi connectivity index (χ0) is 20.9. The Balaban J connectivity index is 1.62. The van der Waals surface area contributed by atoms with Gasteiger partial charge >= 0.3 is 0 Å². The maximum Gasteiger partial charge on any atom is 0.259 e. The lowest BCUT2D eigenvalue weighted by Gasteiger charge is -2.10. The van der Waals surface area contributed by atoms with Crippen molar-refractivity contribution in [1.29, 1.82) is 0 Å². The van der Waals surface area contributed by atoms with Gasteiger partial charge in [-0.15, -0.1) is 11.3 Å². The van der Waals surface area contributed by atoms with E-state index >= 15 is 0 Å². The van der Waals surface area contributed by atoms with Crippen molar-refractivity contribution in [3.8, 4) is 0 Å². The van der Waals surface area contributed by atoms with Gasteiger partial charge in [0.05, 0.1) is 11.1 Å². The number of amides is 2. The highest BCUT2D eigenvalue weighted by Crippen LogP contribution is 2.37. The summed E-state index contributed by atoms with van der Waals surface area (Å²) in [6.07, 6.45) is 4.93. The average molecular weight is 423 g/mol. The summed E-state index contributed by atoms with van der Waals surface area (Å²) in [6.45, 7) is 0.408. The van der Waals surface area contributed by atoms with Crippen LogP contribution in [0.4, 0.5) is 9.39 Å². The molecule has 4 rings (SSSR count). The molecule has 1 aromatic heterocycles. The van der Waals surface area contributed by atoms with Gasteiger partial charge in [-0.25, -0.2) is 4.39 Å². The van der Waals surface area contributed by atoms with Crippen molar-refractivity contribution < 1.29 is 14.0 Å². The molecule has 1 aliphatic rings. The number of carbonyl (C=O) groups is 2. The molecule has 4 nitrogen and oxygen atoms in total. The van der Waals surface area contributed by atoms with Gasteiger partial charge in [-0.2, -0.15) is 0 Å². The summed E-state index contributed by atoms with van der Waals surface area (Å²) in [6, 6.07) is 15.6. The maximum absolute atomic E-state index is 14.1. The van der Waals surface area contributed by atoms with E-state index in [0.717, 1.165) is 48.1 Å². The molecule has 0 atom stereocenters. The first-order valence-corrected chi connectivity index (χ1v) is 11.0. The lowest BCUT2D eigenvalue weighted by Crippen LogP contribution is -2.25. The normalized spacial score (nSPS) is 13.2. The molecule has 0 unspecified atom stereocenters. The Labute approximate surface area is 179 Å². The number of rotatable bonds is 5. The molecule has 0 radical (unpaired) electrons. The van der Waals surface area contributed by atoms with E-state index in [4.69, 9.17) is 0 Å². The van der Waals surface area contributed by atoms with Crippen LogP contribution in [0.2, 0.25) is 0 Å². The summed E-state index contributed by atoms with van der Waals surface area (Å²) in [7, 11) is 0. The molecule has 0 saturated heterocycles. The van der Waals surface area contributed by atoms with Gasteiger partial charge in [0, 0.05) is 11.4 Å². The van der Waals surface area contributed by atoms with Gasteiger partial charge < -0.3 is 10.6 Å². The molecule has 0 saturated carbocycles. The largest absolute Gasteiger partial charge is 0.348 e. The highest BCUT2D eigenvalue weighted by atomic mass is 32.1. The summed E-state index contributed by atoms with van der Waals surface area (Å²) in [5.74, 6) is -1.33. The fraction of sp³-hybridized carbons (Fsp3) is 0.250. The average Bonchev–Trinajstić information content (AvgIpc) is 2.93. The number of hydrogen-bond acceptors (Lipinski definition) is 3. The third kappa shape index (κ3) is 4.44. The Morgan fingerprint density at radius 1 is 0.900 bits per heavy atom. The Kier molecular flexibility index (Phi) is 6.23. The second-order valence-electron chi connectivity index (χ2n) is 7.37. The summed E-state index contributed by atoms with van der Waals surface area (Å²) in [4.78, 5) is 27.0. The molecule has 30 heavy (non-hydrogen) atoms. The standard InChI is InChI=1S/C24H23FN2O2S/c25-19-13-8-7-11-17(19)22(28)27-24-21(18-12-5-2-6-14-20(18)30-24)23(29)26-15-16-9-3-1-4-10-16/h1,3-4,7-11,13H,2,5-6,12,14-15H2,(H,26,29)(H,27,28). The molecule has 1 heterocycles. The molecular formula is C24H23FN2O2S. The zero-order valence-corrected chi connectivity index (χ0v) is 17.4. The second kappa shape index (κ2) is 9.22. The van der Waals surface area contributed by atoms with Crippen LogP contribution in [0.1, 0.15) is 56.0 Å². The van der Waals surface area contributed by atoms with Gasteiger partial charge in [0.1, 0.15) is 10.8 Å². The highest BCUT2D eigenvalue weighted by molar-refractivity contribution is 7.17. The SMILES string of the molecule is O=C(Nc1sc2c(c1C(=O)NCc1ccccc1)CCCCC2)c1ccccc1F. The third-order valence-corrected chi connectivity index (χ3v) is 6.50. The van der Waals surface area contributed by atoms with Crippen LogP contribution < -0.4 is 10.6 Å². The van der Waals surface area contributed by atoms with Crippen LogP contribution in [0.15, 0.2) is 54.6 Å². The third-order valence-electron chi connectivity index (χ3n) is 5.29. The zero-order valence-electron chi connectivity index (χ0n) is 16.5. The number of nitrogens with one attached hydrogen (secondary N) is 2. The molecule has 154 valence electrons. The van der Waals surface area contributed by atoms with Crippen LogP contribution in [0.25, 0.3) is 0 Å². The quantitative estimate of drug-likeness (QED) is 0.546. The molecule has 0 fully saturated rings. The number of carbonyl (C=O) groups excluding carboxylic acids is 2. The molecule has 0 aliphatic heterocycles. The number of hydrogen-bond donors (Lipinski definition) is 2. The van der Waals surface area contributed by atoms with Crippen LogP contribution in [0, 0.1) is 5.82 Å². The van der Waals surface area contributed by atoms with Crippen LogP contribution in [-0.2, 0) is 19.4 Å². The number of halogens is 1. The summed E-state index contributed by atoms with van der Waals surface area (Å²) < 4.78 is 14.1. The molecule has 0 spiro atoms. The Morgan fingerprint density at radius 3 is 2.43 bits per heavy atom. The number of thiophene rings is 1. The highest BCUT2D eigenvalue weighted by Gasteiger charge is 2.26. The fourth-order valence-electron chi connectivity index (χ4n) is 3.75. The smallest absolute Gasteiger partial charge is 0.259 e. The number of fused-ring (bicyclic) bond motifs is 1. The monoisotopic (exact) mass is 422 g/mol. The van der Waals surface area contributed by atoms with Crippen molar-refractivity contribution in [3.05, 3.63) is 87.5 Å². The van der Waals surface area contributed by atoms with E-state index in [1.807, 2.05) is 30.3 Å². The van der Waals surface area contributed by atoms with Crippen molar-refractivity contribution in [3.63, 3.8) is 0 Å². The van der Waals surface area contributed by atoms with E-state index in [2.05, 4.69) is 10.6 Å². The molecule has 2 amide bonds. The Morgan fingerprint density at radius 2 is 1.63 bits per heavy atom. The lowest BCUT2D eigenvalue weighted by atomic mass is 10.0. The predicted octanol–water partition coefficient (Wildman–Crippen LogP) is 5.34. The predicted molar refractivity (Wildman–Crippen MR) is 118 cm³/mol.